The lowest BCUT2D eigenvalue weighted by atomic mass is 10.0. The summed E-state index contributed by atoms with van der Waals surface area (Å²) < 4.78 is 0. The molecular formula is C12H17NO2. The molecule has 0 fully saturated rings. The standard InChI is InChI=1S/C12H17NO2/c1-2-6-11(13-12(14)15)9-10-7-4-3-5-8-10/h3-5,7-8,11,13H,2,6,9H2,1H3,(H,14,15). The van der Waals surface area contributed by atoms with Crippen molar-refractivity contribution in [1.82, 2.24) is 5.32 Å². The largest absolute Gasteiger partial charge is 0.465 e. The fourth-order valence-corrected chi connectivity index (χ4v) is 1.65. The third-order valence-electron chi connectivity index (χ3n) is 2.29. The summed E-state index contributed by atoms with van der Waals surface area (Å²) in [6, 6.07) is 9.97. The van der Waals surface area contributed by atoms with Crippen molar-refractivity contribution in [3.63, 3.8) is 0 Å². The van der Waals surface area contributed by atoms with E-state index in [9.17, 15) is 4.79 Å². The zero-order chi connectivity index (χ0) is 11.1. The lowest BCUT2D eigenvalue weighted by molar-refractivity contribution is 0.189. The summed E-state index contributed by atoms with van der Waals surface area (Å²) in [4.78, 5) is 10.6. The molecule has 1 aromatic carbocycles. The summed E-state index contributed by atoms with van der Waals surface area (Å²) in [6.45, 7) is 2.06. The van der Waals surface area contributed by atoms with E-state index in [4.69, 9.17) is 5.11 Å². The van der Waals surface area contributed by atoms with Crippen molar-refractivity contribution in [2.75, 3.05) is 0 Å². The van der Waals surface area contributed by atoms with Crippen LogP contribution in [0.5, 0.6) is 0 Å². The Bertz CT molecular complexity index is 298. The summed E-state index contributed by atoms with van der Waals surface area (Å²) in [5, 5.41) is 11.2. The summed E-state index contributed by atoms with van der Waals surface area (Å²) in [5.41, 5.74) is 1.17. The van der Waals surface area contributed by atoms with Crippen LogP contribution in [-0.2, 0) is 6.42 Å². The smallest absolute Gasteiger partial charge is 0.404 e. The first-order chi connectivity index (χ1) is 7.22. The van der Waals surface area contributed by atoms with Gasteiger partial charge >= 0.3 is 6.09 Å². The molecule has 1 rings (SSSR count). The SMILES string of the molecule is CCCC(Cc1ccccc1)NC(=O)O. The summed E-state index contributed by atoms with van der Waals surface area (Å²) in [5.74, 6) is 0. The van der Waals surface area contributed by atoms with Crippen LogP contribution in [0.2, 0.25) is 0 Å². The second-order valence-corrected chi connectivity index (χ2v) is 3.62. The average Bonchev–Trinajstić information content (AvgIpc) is 2.18. The van der Waals surface area contributed by atoms with Crippen molar-refractivity contribution in [3.05, 3.63) is 35.9 Å². The molecule has 3 nitrogen and oxygen atoms in total. The molecule has 0 spiro atoms. The van der Waals surface area contributed by atoms with E-state index in [0.717, 1.165) is 19.3 Å². The van der Waals surface area contributed by atoms with Crippen LogP contribution in [0.4, 0.5) is 4.79 Å². The van der Waals surface area contributed by atoms with Crippen molar-refractivity contribution < 1.29 is 9.90 Å². The molecule has 82 valence electrons. The van der Waals surface area contributed by atoms with Crippen LogP contribution in [0.25, 0.3) is 0 Å². The van der Waals surface area contributed by atoms with Crippen LogP contribution in [0.3, 0.4) is 0 Å². The predicted molar refractivity (Wildman–Crippen MR) is 60.0 cm³/mol. The van der Waals surface area contributed by atoms with E-state index in [1.165, 1.54) is 5.56 Å². The number of benzene rings is 1. The molecule has 15 heavy (non-hydrogen) atoms. The molecule has 0 bridgehead atoms. The van der Waals surface area contributed by atoms with E-state index >= 15 is 0 Å². The number of hydrogen-bond acceptors (Lipinski definition) is 1. The Labute approximate surface area is 90.1 Å². The topological polar surface area (TPSA) is 49.3 Å². The molecule has 0 radical (unpaired) electrons. The van der Waals surface area contributed by atoms with Crippen molar-refractivity contribution in [3.8, 4) is 0 Å². The molecule has 0 saturated carbocycles. The molecule has 0 aliphatic carbocycles. The third-order valence-corrected chi connectivity index (χ3v) is 2.29. The van der Waals surface area contributed by atoms with Gasteiger partial charge in [-0.25, -0.2) is 4.79 Å². The summed E-state index contributed by atoms with van der Waals surface area (Å²) >= 11 is 0. The highest BCUT2D eigenvalue weighted by atomic mass is 16.4. The minimum Gasteiger partial charge on any atom is -0.465 e. The van der Waals surface area contributed by atoms with Gasteiger partial charge in [0.2, 0.25) is 0 Å². The summed E-state index contributed by atoms with van der Waals surface area (Å²) in [7, 11) is 0. The Hall–Kier alpha value is -1.51. The van der Waals surface area contributed by atoms with Gasteiger partial charge in [0.25, 0.3) is 0 Å². The number of nitrogens with one attached hydrogen (secondary N) is 1. The second kappa shape index (κ2) is 6.06. The van der Waals surface area contributed by atoms with Crippen molar-refractivity contribution in [1.29, 1.82) is 0 Å². The molecule has 3 heteroatoms. The minimum atomic E-state index is -0.940. The van der Waals surface area contributed by atoms with E-state index in [-0.39, 0.29) is 6.04 Å². The van der Waals surface area contributed by atoms with Crippen LogP contribution < -0.4 is 5.32 Å². The van der Waals surface area contributed by atoms with Crippen molar-refractivity contribution in [2.24, 2.45) is 0 Å². The van der Waals surface area contributed by atoms with Crippen LogP contribution in [0, 0.1) is 0 Å². The van der Waals surface area contributed by atoms with Gasteiger partial charge in [0.1, 0.15) is 0 Å². The molecule has 0 aromatic heterocycles. The number of hydrogen-bond donors (Lipinski definition) is 2. The molecular weight excluding hydrogens is 190 g/mol. The van der Waals surface area contributed by atoms with Gasteiger partial charge in [-0.05, 0) is 18.4 Å². The molecule has 2 N–H and O–H groups in total. The quantitative estimate of drug-likeness (QED) is 0.779. The fourth-order valence-electron chi connectivity index (χ4n) is 1.65. The van der Waals surface area contributed by atoms with Crippen molar-refractivity contribution in [2.45, 2.75) is 32.2 Å². The van der Waals surface area contributed by atoms with Gasteiger partial charge in [0.05, 0.1) is 0 Å². The van der Waals surface area contributed by atoms with Gasteiger partial charge in [0, 0.05) is 6.04 Å². The molecule has 1 aromatic rings. The first-order valence-electron chi connectivity index (χ1n) is 5.25. The second-order valence-electron chi connectivity index (χ2n) is 3.62. The van der Waals surface area contributed by atoms with Gasteiger partial charge in [-0.1, -0.05) is 43.7 Å². The van der Waals surface area contributed by atoms with Gasteiger partial charge in [-0.15, -0.1) is 0 Å². The average molecular weight is 207 g/mol. The Balaban J connectivity index is 2.54. The monoisotopic (exact) mass is 207 g/mol. The molecule has 1 amide bonds. The zero-order valence-electron chi connectivity index (χ0n) is 8.94. The van der Waals surface area contributed by atoms with E-state index in [1.54, 1.807) is 0 Å². The van der Waals surface area contributed by atoms with Gasteiger partial charge in [-0.3, -0.25) is 0 Å². The van der Waals surface area contributed by atoms with Gasteiger partial charge in [0.15, 0.2) is 0 Å². The predicted octanol–water partition coefficient (Wildman–Crippen LogP) is 2.67. The maximum absolute atomic E-state index is 10.6. The van der Waals surface area contributed by atoms with E-state index in [2.05, 4.69) is 12.2 Å². The number of amides is 1. The minimum absolute atomic E-state index is 0.0231. The molecule has 0 aliphatic rings. The van der Waals surface area contributed by atoms with E-state index < -0.39 is 6.09 Å². The first kappa shape index (κ1) is 11.6. The van der Waals surface area contributed by atoms with Gasteiger partial charge in [-0.2, -0.15) is 0 Å². The van der Waals surface area contributed by atoms with Crippen molar-refractivity contribution >= 4 is 6.09 Å². The Morgan fingerprint density at radius 3 is 2.60 bits per heavy atom. The highest BCUT2D eigenvalue weighted by Crippen LogP contribution is 2.07. The Morgan fingerprint density at radius 2 is 2.07 bits per heavy atom. The Kier molecular flexibility index (Phi) is 4.68. The van der Waals surface area contributed by atoms with Crippen LogP contribution in [-0.4, -0.2) is 17.2 Å². The molecule has 1 unspecified atom stereocenters. The normalized spacial score (nSPS) is 12.1. The number of carboxylic acid groups (broad SMARTS) is 1. The van der Waals surface area contributed by atoms with Crippen LogP contribution in [0.1, 0.15) is 25.3 Å². The lowest BCUT2D eigenvalue weighted by Crippen LogP contribution is -2.35. The lowest BCUT2D eigenvalue weighted by Gasteiger charge is -2.15. The molecule has 0 aliphatic heterocycles. The molecule has 0 heterocycles. The maximum atomic E-state index is 10.6. The zero-order valence-corrected chi connectivity index (χ0v) is 8.94. The molecule has 1 atom stereocenters. The van der Waals surface area contributed by atoms with Crippen LogP contribution >= 0.6 is 0 Å². The van der Waals surface area contributed by atoms with Crippen LogP contribution in [0.15, 0.2) is 30.3 Å². The number of rotatable bonds is 5. The van der Waals surface area contributed by atoms with E-state index in [0.29, 0.717) is 0 Å². The fraction of sp³-hybridized carbons (Fsp3) is 0.417. The van der Waals surface area contributed by atoms with Gasteiger partial charge < -0.3 is 10.4 Å². The number of carbonyl (C=O) groups is 1. The van der Waals surface area contributed by atoms with E-state index in [1.807, 2.05) is 30.3 Å². The Morgan fingerprint density at radius 1 is 1.40 bits per heavy atom. The highest BCUT2D eigenvalue weighted by molar-refractivity contribution is 5.64. The molecule has 0 saturated heterocycles. The third kappa shape index (κ3) is 4.49. The first-order valence-corrected chi connectivity index (χ1v) is 5.25. The summed E-state index contributed by atoms with van der Waals surface area (Å²) in [6.07, 6.45) is 1.68. The maximum Gasteiger partial charge on any atom is 0.404 e. The highest BCUT2D eigenvalue weighted by Gasteiger charge is 2.10.